The maximum Gasteiger partial charge on any atom is 0.258 e. The minimum atomic E-state index is -0.132. The summed E-state index contributed by atoms with van der Waals surface area (Å²) in [6.07, 6.45) is 0. The number of hydrogen-bond acceptors (Lipinski definition) is 6. The number of ketones is 1. The first-order chi connectivity index (χ1) is 14.6. The van der Waals surface area contributed by atoms with Gasteiger partial charge < -0.3 is 14.0 Å². The lowest BCUT2D eigenvalue weighted by molar-refractivity contribution is 0.0921. The number of halogens is 1. The van der Waals surface area contributed by atoms with Crippen molar-refractivity contribution in [1.82, 2.24) is 10.1 Å². The Bertz CT molecular complexity index is 1150. The number of nitrogens with zero attached hydrogens (tertiary/aromatic N) is 2. The van der Waals surface area contributed by atoms with E-state index in [1.165, 1.54) is 0 Å². The van der Waals surface area contributed by atoms with E-state index in [2.05, 4.69) is 10.1 Å². The summed E-state index contributed by atoms with van der Waals surface area (Å²) in [5.41, 5.74) is 2.04. The average molecular weight is 421 g/mol. The van der Waals surface area contributed by atoms with Gasteiger partial charge in [0.1, 0.15) is 11.5 Å². The second-order valence-corrected chi connectivity index (χ2v) is 6.83. The van der Waals surface area contributed by atoms with Gasteiger partial charge in [-0.25, -0.2) is 0 Å². The molecule has 6 nitrogen and oxygen atoms in total. The molecule has 0 saturated carbocycles. The van der Waals surface area contributed by atoms with Crippen molar-refractivity contribution in [2.24, 2.45) is 0 Å². The van der Waals surface area contributed by atoms with Crippen molar-refractivity contribution < 1.29 is 18.8 Å². The van der Waals surface area contributed by atoms with Crippen molar-refractivity contribution in [3.05, 3.63) is 83.4 Å². The smallest absolute Gasteiger partial charge is 0.258 e. The third-order valence-corrected chi connectivity index (χ3v) is 4.64. The Labute approximate surface area is 178 Å². The fourth-order valence-electron chi connectivity index (χ4n) is 2.78. The van der Waals surface area contributed by atoms with Crippen LogP contribution in [-0.2, 0) is 0 Å². The number of rotatable bonds is 7. The van der Waals surface area contributed by atoms with Crippen LogP contribution < -0.4 is 9.47 Å². The Hall–Kier alpha value is -3.64. The number of carbonyl (C=O) groups excluding carboxylic acids is 1. The summed E-state index contributed by atoms with van der Waals surface area (Å²) >= 11 is 5.91. The normalized spacial score (nSPS) is 10.6. The average Bonchev–Trinajstić information content (AvgIpc) is 3.28. The third kappa shape index (κ3) is 4.50. The molecule has 1 aromatic heterocycles. The summed E-state index contributed by atoms with van der Waals surface area (Å²) < 4.78 is 16.1. The van der Waals surface area contributed by atoms with Crippen LogP contribution in [0, 0.1) is 0 Å². The van der Waals surface area contributed by atoms with E-state index in [0.717, 1.165) is 5.56 Å². The first kappa shape index (κ1) is 19.7. The molecule has 3 aromatic carbocycles. The first-order valence-electron chi connectivity index (χ1n) is 9.12. The molecule has 4 rings (SSSR count). The summed E-state index contributed by atoms with van der Waals surface area (Å²) in [6.45, 7) is -0.0853. The summed E-state index contributed by atoms with van der Waals surface area (Å²) in [5.74, 6) is 1.91. The van der Waals surface area contributed by atoms with Gasteiger partial charge in [0.2, 0.25) is 5.82 Å². The number of hydrogen-bond donors (Lipinski definition) is 0. The van der Waals surface area contributed by atoms with Gasteiger partial charge in [-0.1, -0.05) is 28.9 Å². The van der Waals surface area contributed by atoms with E-state index in [-0.39, 0.29) is 12.4 Å². The van der Waals surface area contributed by atoms with Crippen LogP contribution in [0.1, 0.15) is 10.4 Å². The monoisotopic (exact) mass is 420 g/mol. The zero-order valence-electron chi connectivity index (χ0n) is 16.0. The van der Waals surface area contributed by atoms with Gasteiger partial charge in [-0.2, -0.15) is 4.98 Å². The molecule has 0 spiro atoms. The zero-order valence-corrected chi connectivity index (χ0v) is 16.8. The van der Waals surface area contributed by atoms with Crippen LogP contribution in [0.3, 0.4) is 0 Å². The number of methoxy groups -OCH3 is 1. The van der Waals surface area contributed by atoms with E-state index >= 15 is 0 Å². The number of aromatic nitrogens is 2. The molecule has 0 saturated heterocycles. The molecule has 0 radical (unpaired) electrons. The summed E-state index contributed by atoms with van der Waals surface area (Å²) in [6, 6.07) is 21.2. The molecule has 0 aliphatic heterocycles. The lowest BCUT2D eigenvalue weighted by Crippen LogP contribution is -2.11. The van der Waals surface area contributed by atoms with Crippen LogP contribution in [-0.4, -0.2) is 29.6 Å². The number of ether oxygens (including phenoxy) is 2. The molecule has 0 fully saturated rings. The van der Waals surface area contributed by atoms with Crippen molar-refractivity contribution in [1.29, 1.82) is 0 Å². The fraction of sp³-hybridized carbons (Fsp3) is 0.0870. The Balaban J connectivity index is 1.45. The molecule has 150 valence electrons. The van der Waals surface area contributed by atoms with Crippen LogP contribution in [0.15, 0.2) is 77.3 Å². The van der Waals surface area contributed by atoms with E-state index in [1.807, 2.05) is 18.2 Å². The SMILES string of the molecule is COc1ccc(C(=O)COc2cccc(-c3noc(-c4ccc(Cl)cc4)n3)c2)cc1. The second kappa shape index (κ2) is 8.80. The predicted molar refractivity (Wildman–Crippen MR) is 113 cm³/mol. The number of benzene rings is 3. The van der Waals surface area contributed by atoms with Gasteiger partial charge >= 0.3 is 0 Å². The van der Waals surface area contributed by atoms with Crippen LogP contribution in [0.25, 0.3) is 22.8 Å². The molecule has 0 aliphatic carbocycles. The maximum atomic E-state index is 12.3. The molecular weight excluding hydrogens is 404 g/mol. The Kier molecular flexibility index (Phi) is 5.77. The second-order valence-electron chi connectivity index (χ2n) is 6.40. The highest BCUT2D eigenvalue weighted by molar-refractivity contribution is 6.30. The van der Waals surface area contributed by atoms with Crippen LogP contribution in [0.2, 0.25) is 5.02 Å². The van der Waals surface area contributed by atoms with Crippen molar-refractivity contribution >= 4 is 17.4 Å². The summed E-state index contributed by atoms with van der Waals surface area (Å²) in [4.78, 5) is 16.8. The first-order valence-corrected chi connectivity index (χ1v) is 9.50. The molecule has 0 aliphatic rings. The van der Waals surface area contributed by atoms with Gasteiger partial charge in [-0.05, 0) is 60.7 Å². The lowest BCUT2D eigenvalue weighted by atomic mass is 10.1. The van der Waals surface area contributed by atoms with Gasteiger partial charge in [0, 0.05) is 21.7 Å². The van der Waals surface area contributed by atoms with E-state index < -0.39 is 0 Å². The van der Waals surface area contributed by atoms with Crippen LogP contribution in [0.5, 0.6) is 11.5 Å². The van der Waals surface area contributed by atoms with Gasteiger partial charge in [0.15, 0.2) is 12.4 Å². The summed E-state index contributed by atoms with van der Waals surface area (Å²) in [5, 5.41) is 4.66. The molecule has 0 unspecified atom stereocenters. The van der Waals surface area contributed by atoms with Gasteiger partial charge in [-0.3, -0.25) is 4.79 Å². The Morgan fingerprint density at radius 2 is 1.73 bits per heavy atom. The standard InChI is InChI=1S/C23H17ClN2O4/c1-28-19-11-7-15(8-12-19)21(27)14-29-20-4-2-3-17(13-20)22-25-23(30-26-22)16-5-9-18(24)10-6-16/h2-13H,14H2,1H3. The predicted octanol–water partition coefficient (Wildman–Crippen LogP) is 5.33. The fourth-order valence-corrected chi connectivity index (χ4v) is 2.91. The topological polar surface area (TPSA) is 74.5 Å². The number of carbonyl (C=O) groups is 1. The minimum absolute atomic E-state index is 0.0853. The lowest BCUT2D eigenvalue weighted by Gasteiger charge is -2.07. The van der Waals surface area contributed by atoms with E-state index in [9.17, 15) is 4.79 Å². The van der Waals surface area contributed by atoms with Crippen molar-refractivity contribution in [2.75, 3.05) is 13.7 Å². The van der Waals surface area contributed by atoms with Crippen LogP contribution >= 0.6 is 11.6 Å². The van der Waals surface area contributed by atoms with Crippen molar-refractivity contribution in [3.63, 3.8) is 0 Å². The van der Waals surface area contributed by atoms with Gasteiger partial charge in [-0.15, -0.1) is 0 Å². The van der Waals surface area contributed by atoms with Crippen LogP contribution in [0.4, 0.5) is 0 Å². The Morgan fingerprint density at radius 3 is 2.47 bits per heavy atom. The molecule has 4 aromatic rings. The molecule has 30 heavy (non-hydrogen) atoms. The molecule has 7 heteroatoms. The molecule has 0 bridgehead atoms. The third-order valence-electron chi connectivity index (χ3n) is 4.39. The highest BCUT2D eigenvalue weighted by Crippen LogP contribution is 2.26. The van der Waals surface area contributed by atoms with E-state index in [0.29, 0.717) is 39.4 Å². The van der Waals surface area contributed by atoms with Gasteiger partial charge in [0.05, 0.1) is 7.11 Å². The molecule has 0 N–H and O–H groups in total. The molecule has 0 amide bonds. The largest absolute Gasteiger partial charge is 0.497 e. The molecule has 0 atom stereocenters. The Morgan fingerprint density at radius 1 is 0.967 bits per heavy atom. The highest BCUT2D eigenvalue weighted by atomic mass is 35.5. The van der Waals surface area contributed by atoms with Crippen molar-refractivity contribution in [2.45, 2.75) is 0 Å². The number of Topliss-reactive ketones (excluding diaryl/α,β-unsaturated/α-hetero) is 1. The minimum Gasteiger partial charge on any atom is -0.497 e. The highest BCUT2D eigenvalue weighted by Gasteiger charge is 2.12. The van der Waals surface area contributed by atoms with Gasteiger partial charge in [0.25, 0.3) is 5.89 Å². The van der Waals surface area contributed by atoms with Crippen molar-refractivity contribution in [3.8, 4) is 34.3 Å². The quantitative estimate of drug-likeness (QED) is 0.376. The molecule has 1 heterocycles. The van der Waals surface area contributed by atoms with E-state index in [1.54, 1.807) is 61.7 Å². The zero-order chi connectivity index (χ0) is 20.9. The van der Waals surface area contributed by atoms with E-state index in [4.69, 9.17) is 25.6 Å². The molecular formula is C23H17ClN2O4. The maximum absolute atomic E-state index is 12.3. The summed E-state index contributed by atoms with van der Waals surface area (Å²) in [7, 11) is 1.58.